The molecule has 0 spiro atoms. The number of esters is 1. The summed E-state index contributed by atoms with van der Waals surface area (Å²) in [6, 6.07) is 0. The van der Waals surface area contributed by atoms with E-state index in [4.69, 9.17) is 4.74 Å². The largest absolute Gasteiger partial charge is 0.466 e. The molecule has 0 bridgehead atoms. The second kappa shape index (κ2) is 4.42. The van der Waals surface area contributed by atoms with Crippen molar-refractivity contribution in [1.29, 1.82) is 0 Å². The number of carbonyl (C=O) groups excluding carboxylic acids is 1. The van der Waals surface area contributed by atoms with E-state index in [-0.39, 0.29) is 5.97 Å². The average Bonchev–Trinajstić information content (AvgIpc) is 1.99. The van der Waals surface area contributed by atoms with Crippen molar-refractivity contribution < 1.29 is 14.3 Å². The number of methoxy groups -OCH3 is 1. The predicted molar refractivity (Wildman–Crippen MR) is 49.3 cm³/mol. The zero-order valence-corrected chi connectivity index (χ0v) is 8.21. The summed E-state index contributed by atoms with van der Waals surface area (Å²) in [7, 11) is 1.37. The summed E-state index contributed by atoms with van der Waals surface area (Å²) in [5.41, 5.74) is 0.533. The third-order valence-electron chi connectivity index (χ3n) is 2.41. The highest BCUT2D eigenvalue weighted by atomic mass is 16.5. The van der Waals surface area contributed by atoms with Crippen LogP contribution in [0.1, 0.15) is 19.8 Å². The quantitative estimate of drug-likeness (QED) is 0.491. The summed E-state index contributed by atoms with van der Waals surface area (Å²) in [5.74, 6) is 0.0477. The van der Waals surface area contributed by atoms with E-state index in [2.05, 4.69) is 18.2 Å². The molecule has 0 saturated carbocycles. The maximum absolute atomic E-state index is 11.0. The molecule has 3 nitrogen and oxygen atoms in total. The molecule has 13 heavy (non-hydrogen) atoms. The third kappa shape index (κ3) is 2.56. The minimum Gasteiger partial charge on any atom is -0.466 e. The monoisotopic (exact) mass is 184 g/mol. The first kappa shape index (κ1) is 10.3. The molecular formula is C10H16O3. The average molecular weight is 184 g/mol. The van der Waals surface area contributed by atoms with Crippen LogP contribution in [0.25, 0.3) is 0 Å². The molecule has 0 radical (unpaired) electrons. The van der Waals surface area contributed by atoms with Gasteiger partial charge < -0.3 is 9.47 Å². The van der Waals surface area contributed by atoms with E-state index in [0.717, 1.165) is 13.0 Å². The van der Waals surface area contributed by atoms with E-state index in [1.165, 1.54) is 7.11 Å². The molecular weight excluding hydrogens is 168 g/mol. The Morgan fingerprint density at radius 3 is 2.77 bits per heavy atom. The first-order chi connectivity index (χ1) is 6.15. The van der Waals surface area contributed by atoms with Gasteiger partial charge >= 0.3 is 5.97 Å². The molecule has 1 fully saturated rings. The smallest absolute Gasteiger partial charge is 0.333 e. The molecule has 1 rings (SSSR count). The highest BCUT2D eigenvalue weighted by Gasteiger charge is 2.26. The Morgan fingerprint density at radius 1 is 1.77 bits per heavy atom. The number of hydrogen-bond donors (Lipinski definition) is 0. The van der Waals surface area contributed by atoms with Gasteiger partial charge in [-0.3, -0.25) is 0 Å². The number of rotatable bonds is 4. The summed E-state index contributed by atoms with van der Waals surface area (Å²) >= 11 is 0. The highest BCUT2D eigenvalue weighted by Crippen LogP contribution is 2.25. The van der Waals surface area contributed by atoms with Crippen molar-refractivity contribution >= 4 is 5.97 Å². The van der Waals surface area contributed by atoms with Crippen molar-refractivity contribution in [2.75, 3.05) is 13.7 Å². The number of hydrogen-bond acceptors (Lipinski definition) is 3. The van der Waals surface area contributed by atoms with Crippen molar-refractivity contribution in [3.05, 3.63) is 12.2 Å². The van der Waals surface area contributed by atoms with E-state index < -0.39 is 0 Å². The minimum absolute atomic E-state index is 0.307. The van der Waals surface area contributed by atoms with E-state index in [0.29, 0.717) is 24.0 Å². The van der Waals surface area contributed by atoms with Crippen molar-refractivity contribution in [2.24, 2.45) is 5.92 Å². The van der Waals surface area contributed by atoms with Crippen molar-refractivity contribution in [2.45, 2.75) is 25.9 Å². The van der Waals surface area contributed by atoms with Crippen LogP contribution in [-0.2, 0) is 14.3 Å². The zero-order valence-electron chi connectivity index (χ0n) is 8.21. The van der Waals surface area contributed by atoms with Gasteiger partial charge in [0, 0.05) is 12.2 Å². The van der Waals surface area contributed by atoms with E-state index in [1.54, 1.807) is 0 Å². The van der Waals surface area contributed by atoms with Gasteiger partial charge in [0.1, 0.15) is 0 Å². The molecule has 0 amide bonds. The molecule has 1 saturated heterocycles. The Kier molecular flexibility index (Phi) is 3.48. The molecule has 1 aliphatic heterocycles. The van der Waals surface area contributed by atoms with Gasteiger partial charge in [-0.2, -0.15) is 0 Å². The fraction of sp³-hybridized carbons (Fsp3) is 0.700. The minimum atomic E-state index is -0.314. The molecule has 0 aromatic carbocycles. The molecule has 0 N–H and O–H groups in total. The van der Waals surface area contributed by atoms with Crippen LogP contribution in [0.4, 0.5) is 0 Å². The van der Waals surface area contributed by atoms with Crippen LogP contribution >= 0.6 is 0 Å². The third-order valence-corrected chi connectivity index (χ3v) is 2.41. The molecule has 74 valence electrons. The van der Waals surface area contributed by atoms with Crippen LogP contribution in [-0.4, -0.2) is 25.8 Å². The van der Waals surface area contributed by atoms with Gasteiger partial charge in [-0.05, 0) is 18.8 Å². The lowest BCUT2D eigenvalue weighted by Crippen LogP contribution is -2.33. The lowest BCUT2D eigenvalue weighted by atomic mass is 9.92. The second-order valence-corrected chi connectivity index (χ2v) is 3.47. The van der Waals surface area contributed by atoms with Crippen LogP contribution in [0.15, 0.2) is 12.2 Å². The SMILES string of the molecule is C=C(CC(C)C1CCO1)C(=O)OC. The Bertz CT molecular complexity index is 206. The molecule has 3 heteroatoms. The molecule has 1 aliphatic rings. The topological polar surface area (TPSA) is 35.5 Å². The fourth-order valence-electron chi connectivity index (χ4n) is 1.45. The normalized spacial score (nSPS) is 23.1. The summed E-state index contributed by atoms with van der Waals surface area (Å²) in [4.78, 5) is 11.0. The number of ether oxygens (including phenoxy) is 2. The van der Waals surface area contributed by atoms with E-state index in [1.807, 2.05) is 0 Å². The van der Waals surface area contributed by atoms with Crippen LogP contribution in [0, 0.1) is 5.92 Å². The fourth-order valence-corrected chi connectivity index (χ4v) is 1.45. The van der Waals surface area contributed by atoms with Crippen molar-refractivity contribution in [3.8, 4) is 0 Å². The van der Waals surface area contributed by atoms with Gasteiger partial charge in [0.2, 0.25) is 0 Å². The van der Waals surface area contributed by atoms with Gasteiger partial charge in [0.05, 0.1) is 13.2 Å². The molecule has 1 heterocycles. The van der Waals surface area contributed by atoms with Gasteiger partial charge in [-0.25, -0.2) is 4.79 Å². The summed E-state index contributed by atoms with van der Waals surface area (Å²) in [6.45, 7) is 6.59. The lowest BCUT2D eigenvalue weighted by Gasteiger charge is -2.32. The van der Waals surface area contributed by atoms with Crippen LogP contribution < -0.4 is 0 Å². The Labute approximate surface area is 78.7 Å². The van der Waals surface area contributed by atoms with Gasteiger partial charge in [-0.15, -0.1) is 0 Å². The molecule has 0 aromatic heterocycles. The Morgan fingerprint density at radius 2 is 2.38 bits per heavy atom. The Hall–Kier alpha value is -0.830. The maximum atomic E-state index is 11.0. The molecule has 0 aliphatic carbocycles. The summed E-state index contributed by atoms with van der Waals surface area (Å²) < 4.78 is 9.88. The molecule has 2 atom stereocenters. The second-order valence-electron chi connectivity index (χ2n) is 3.47. The van der Waals surface area contributed by atoms with Crippen molar-refractivity contribution in [3.63, 3.8) is 0 Å². The zero-order chi connectivity index (χ0) is 9.84. The first-order valence-electron chi connectivity index (χ1n) is 4.53. The van der Waals surface area contributed by atoms with Crippen LogP contribution in [0.5, 0.6) is 0 Å². The van der Waals surface area contributed by atoms with E-state index >= 15 is 0 Å². The predicted octanol–water partition coefficient (Wildman–Crippen LogP) is 1.53. The summed E-state index contributed by atoms with van der Waals surface area (Å²) in [6.07, 6.45) is 2.06. The maximum Gasteiger partial charge on any atom is 0.333 e. The van der Waals surface area contributed by atoms with Crippen molar-refractivity contribution in [1.82, 2.24) is 0 Å². The van der Waals surface area contributed by atoms with Crippen LogP contribution in [0.3, 0.4) is 0 Å². The molecule has 2 unspecified atom stereocenters. The standard InChI is InChI=1S/C10H16O3/c1-7(9-4-5-13-9)6-8(2)10(11)12-3/h7,9H,2,4-6H2,1,3H3. The lowest BCUT2D eigenvalue weighted by molar-refractivity contribution is -0.136. The number of carbonyl (C=O) groups is 1. The molecule has 0 aromatic rings. The van der Waals surface area contributed by atoms with Crippen LogP contribution in [0.2, 0.25) is 0 Å². The van der Waals surface area contributed by atoms with Gasteiger partial charge in [0.15, 0.2) is 0 Å². The summed E-state index contributed by atoms with van der Waals surface area (Å²) in [5, 5.41) is 0. The Balaban J connectivity index is 2.30. The first-order valence-corrected chi connectivity index (χ1v) is 4.53. The van der Waals surface area contributed by atoms with Gasteiger partial charge in [0.25, 0.3) is 0 Å². The van der Waals surface area contributed by atoms with E-state index in [9.17, 15) is 4.79 Å². The highest BCUT2D eigenvalue weighted by molar-refractivity contribution is 5.87. The van der Waals surface area contributed by atoms with Gasteiger partial charge in [-0.1, -0.05) is 13.5 Å².